The Hall–Kier alpha value is -0.790. The summed E-state index contributed by atoms with van der Waals surface area (Å²) >= 11 is 0. The maximum atomic E-state index is 4.55. The lowest BCUT2D eigenvalue weighted by Crippen LogP contribution is -2.27. The van der Waals surface area contributed by atoms with Crippen LogP contribution in [0.1, 0.15) is 27.7 Å². The summed E-state index contributed by atoms with van der Waals surface area (Å²) in [5.74, 6) is 1.75. The Morgan fingerprint density at radius 3 is 2.54 bits per heavy atom. The number of rotatable bonds is 0. The molecule has 0 aromatic carbocycles. The van der Waals surface area contributed by atoms with Crippen LogP contribution in [-0.4, -0.2) is 12.3 Å². The molecule has 0 bridgehead atoms. The van der Waals surface area contributed by atoms with Crippen molar-refractivity contribution in [3.8, 4) is 0 Å². The molecular formula is C11H18N2. The van der Waals surface area contributed by atoms with Gasteiger partial charge in [-0.1, -0.05) is 20.8 Å². The molecule has 0 amide bonds. The van der Waals surface area contributed by atoms with E-state index in [9.17, 15) is 0 Å². The smallest absolute Gasteiger partial charge is 0.0640 e. The molecule has 2 aliphatic heterocycles. The van der Waals surface area contributed by atoms with Crippen LogP contribution in [0.2, 0.25) is 0 Å². The average molecular weight is 178 g/mol. The van der Waals surface area contributed by atoms with Gasteiger partial charge in [0.15, 0.2) is 0 Å². The van der Waals surface area contributed by atoms with E-state index in [1.54, 1.807) is 0 Å². The number of nitrogens with one attached hydrogen (secondary N) is 1. The summed E-state index contributed by atoms with van der Waals surface area (Å²) in [4.78, 5) is 4.55. The molecule has 2 rings (SSSR count). The summed E-state index contributed by atoms with van der Waals surface area (Å²) in [7, 11) is 0. The topological polar surface area (TPSA) is 24.4 Å². The SMILES string of the molecule is CC1NC2=C(N=C[C@H](C)[C@@H]2C)C1C. The van der Waals surface area contributed by atoms with Gasteiger partial charge in [0.1, 0.15) is 0 Å². The van der Waals surface area contributed by atoms with Crippen LogP contribution < -0.4 is 5.32 Å². The van der Waals surface area contributed by atoms with Gasteiger partial charge in [-0.2, -0.15) is 0 Å². The lowest BCUT2D eigenvalue weighted by Gasteiger charge is -2.22. The van der Waals surface area contributed by atoms with Crippen molar-refractivity contribution >= 4 is 6.21 Å². The Balaban J connectivity index is 2.33. The molecule has 2 aliphatic rings. The maximum absolute atomic E-state index is 4.55. The lowest BCUT2D eigenvalue weighted by molar-refractivity contribution is 0.494. The van der Waals surface area contributed by atoms with E-state index in [2.05, 4.69) is 44.2 Å². The molecule has 0 aromatic heterocycles. The molecule has 0 fully saturated rings. The predicted octanol–water partition coefficient (Wildman–Crippen LogP) is 2.18. The minimum absolute atomic E-state index is 0.551. The molecule has 2 heterocycles. The number of hydrogen-bond acceptors (Lipinski definition) is 2. The molecule has 2 unspecified atom stereocenters. The Morgan fingerprint density at radius 1 is 1.15 bits per heavy atom. The third-order valence-corrected chi connectivity index (χ3v) is 3.53. The Morgan fingerprint density at radius 2 is 1.85 bits per heavy atom. The van der Waals surface area contributed by atoms with E-state index in [4.69, 9.17) is 0 Å². The summed E-state index contributed by atoms with van der Waals surface area (Å²) in [6, 6.07) is 0.551. The minimum atomic E-state index is 0.551. The molecule has 13 heavy (non-hydrogen) atoms. The van der Waals surface area contributed by atoms with Gasteiger partial charge in [-0.3, -0.25) is 4.99 Å². The van der Waals surface area contributed by atoms with Crippen molar-refractivity contribution in [2.24, 2.45) is 22.7 Å². The molecule has 0 aromatic rings. The van der Waals surface area contributed by atoms with Crippen LogP contribution >= 0.6 is 0 Å². The van der Waals surface area contributed by atoms with Gasteiger partial charge < -0.3 is 5.32 Å². The third kappa shape index (κ3) is 1.19. The normalized spacial score (nSPS) is 43.4. The number of hydrogen-bond donors (Lipinski definition) is 1. The molecule has 0 aliphatic carbocycles. The molecule has 2 nitrogen and oxygen atoms in total. The highest BCUT2D eigenvalue weighted by atomic mass is 15.0. The number of allylic oxidation sites excluding steroid dienone is 1. The van der Waals surface area contributed by atoms with Gasteiger partial charge in [-0.25, -0.2) is 0 Å². The molecular weight excluding hydrogens is 160 g/mol. The van der Waals surface area contributed by atoms with Gasteiger partial charge in [-0.15, -0.1) is 0 Å². The van der Waals surface area contributed by atoms with Gasteiger partial charge in [-0.05, 0) is 12.8 Å². The van der Waals surface area contributed by atoms with Gasteiger partial charge >= 0.3 is 0 Å². The van der Waals surface area contributed by atoms with Gasteiger partial charge in [0.05, 0.1) is 5.70 Å². The summed E-state index contributed by atoms with van der Waals surface area (Å²) in [5, 5.41) is 3.55. The second kappa shape index (κ2) is 2.86. The van der Waals surface area contributed by atoms with Crippen LogP contribution in [0.5, 0.6) is 0 Å². The zero-order chi connectivity index (χ0) is 9.59. The van der Waals surface area contributed by atoms with Gasteiger partial charge in [0.25, 0.3) is 0 Å². The summed E-state index contributed by atoms with van der Waals surface area (Å²) in [6.45, 7) is 8.99. The predicted molar refractivity (Wildman–Crippen MR) is 55.6 cm³/mol. The van der Waals surface area contributed by atoms with Crippen LogP contribution in [0.4, 0.5) is 0 Å². The fraction of sp³-hybridized carbons (Fsp3) is 0.727. The van der Waals surface area contributed by atoms with Crippen molar-refractivity contribution in [1.29, 1.82) is 0 Å². The number of nitrogens with zero attached hydrogens (tertiary/aromatic N) is 1. The van der Waals surface area contributed by atoms with Crippen LogP contribution in [0.15, 0.2) is 16.4 Å². The monoisotopic (exact) mass is 178 g/mol. The maximum Gasteiger partial charge on any atom is 0.0640 e. The Labute approximate surface area is 80.1 Å². The van der Waals surface area contributed by atoms with Gasteiger partial charge in [0.2, 0.25) is 0 Å². The fourth-order valence-electron chi connectivity index (χ4n) is 2.07. The minimum Gasteiger partial charge on any atom is -0.384 e. The third-order valence-electron chi connectivity index (χ3n) is 3.53. The Bertz CT molecular complexity index is 278. The summed E-state index contributed by atoms with van der Waals surface area (Å²) in [6.07, 6.45) is 2.10. The second-order valence-electron chi connectivity index (χ2n) is 4.45. The first-order valence-corrected chi connectivity index (χ1v) is 5.16. The zero-order valence-corrected chi connectivity index (χ0v) is 8.83. The second-order valence-corrected chi connectivity index (χ2v) is 4.45. The highest BCUT2D eigenvalue weighted by Gasteiger charge is 2.34. The van der Waals surface area contributed by atoms with E-state index >= 15 is 0 Å². The largest absolute Gasteiger partial charge is 0.384 e. The highest BCUT2D eigenvalue weighted by molar-refractivity contribution is 5.65. The summed E-state index contributed by atoms with van der Waals surface area (Å²) in [5.41, 5.74) is 2.67. The van der Waals surface area contributed by atoms with Crippen molar-refractivity contribution < 1.29 is 0 Å². The molecule has 0 saturated carbocycles. The standard InChI is InChI=1S/C11H18N2/c1-6-5-12-10-8(3)9(4)13-11(10)7(6)2/h5-9,13H,1-4H3/t6-,7-,8?,9?/m0/s1. The van der Waals surface area contributed by atoms with Crippen molar-refractivity contribution in [2.75, 3.05) is 0 Å². The first kappa shape index (κ1) is 8.79. The van der Waals surface area contributed by atoms with E-state index in [0.717, 1.165) is 0 Å². The number of aliphatic imine (C=N–C) groups is 1. The molecule has 0 radical (unpaired) electrons. The first-order chi connectivity index (χ1) is 6.11. The van der Waals surface area contributed by atoms with E-state index in [1.165, 1.54) is 11.4 Å². The van der Waals surface area contributed by atoms with Crippen LogP contribution in [0.25, 0.3) is 0 Å². The quantitative estimate of drug-likeness (QED) is 0.604. The van der Waals surface area contributed by atoms with E-state index in [-0.39, 0.29) is 0 Å². The molecule has 2 heteroatoms. The van der Waals surface area contributed by atoms with Crippen molar-refractivity contribution in [3.63, 3.8) is 0 Å². The van der Waals surface area contributed by atoms with E-state index < -0.39 is 0 Å². The van der Waals surface area contributed by atoms with Crippen molar-refractivity contribution in [1.82, 2.24) is 5.32 Å². The van der Waals surface area contributed by atoms with Crippen LogP contribution in [0.3, 0.4) is 0 Å². The van der Waals surface area contributed by atoms with E-state index in [1.807, 2.05) is 0 Å². The zero-order valence-electron chi connectivity index (χ0n) is 8.83. The molecule has 0 saturated heterocycles. The molecule has 0 spiro atoms. The fourth-order valence-corrected chi connectivity index (χ4v) is 2.07. The highest BCUT2D eigenvalue weighted by Crippen LogP contribution is 2.35. The summed E-state index contributed by atoms with van der Waals surface area (Å²) < 4.78 is 0. The average Bonchev–Trinajstić information content (AvgIpc) is 2.38. The molecule has 72 valence electrons. The molecule has 1 N–H and O–H groups in total. The lowest BCUT2D eigenvalue weighted by atomic mass is 9.90. The molecule has 4 atom stereocenters. The van der Waals surface area contributed by atoms with Crippen molar-refractivity contribution in [2.45, 2.75) is 33.7 Å². The van der Waals surface area contributed by atoms with Gasteiger partial charge in [0, 0.05) is 29.8 Å². The van der Waals surface area contributed by atoms with Crippen molar-refractivity contribution in [3.05, 3.63) is 11.4 Å². The Kier molecular flexibility index (Phi) is 1.94. The van der Waals surface area contributed by atoms with Crippen LogP contribution in [-0.2, 0) is 0 Å². The van der Waals surface area contributed by atoms with E-state index in [0.29, 0.717) is 23.8 Å². The van der Waals surface area contributed by atoms with Crippen LogP contribution in [0, 0.1) is 17.8 Å². The first-order valence-electron chi connectivity index (χ1n) is 5.16.